The minimum atomic E-state index is -0.470. The molecule has 0 radical (unpaired) electrons. The van der Waals surface area contributed by atoms with Gasteiger partial charge in [0.15, 0.2) is 0 Å². The highest BCUT2D eigenvalue weighted by atomic mass is 79.9. The first kappa shape index (κ1) is 13.7. The molecule has 0 aliphatic carbocycles. The lowest BCUT2D eigenvalue weighted by atomic mass is 10.2. The third kappa shape index (κ3) is 3.25. The fraction of sp³-hybridized carbons (Fsp3) is 0.0625. The summed E-state index contributed by atoms with van der Waals surface area (Å²) in [4.78, 5) is 14.9. The number of carbonyl (C=O) groups is 1. The Morgan fingerprint density at radius 2 is 2.00 bits per heavy atom. The van der Waals surface area contributed by atoms with Crippen LogP contribution >= 0.6 is 15.9 Å². The van der Waals surface area contributed by atoms with Crippen LogP contribution in [0.2, 0.25) is 0 Å². The van der Waals surface area contributed by atoms with Gasteiger partial charge in [0.2, 0.25) is 0 Å². The lowest BCUT2D eigenvalue weighted by Crippen LogP contribution is -2.13. The molecule has 5 heteroatoms. The van der Waals surface area contributed by atoms with Crippen molar-refractivity contribution in [2.24, 2.45) is 0 Å². The molecule has 1 aromatic heterocycles. The molecule has 1 heterocycles. The highest BCUT2D eigenvalue weighted by molar-refractivity contribution is 9.10. The first-order valence-corrected chi connectivity index (χ1v) is 7.26. The van der Waals surface area contributed by atoms with E-state index in [-0.39, 0.29) is 6.61 Å². The van der Waals surface area contributed by atoms with Crippen molar-refractivity contribution in [1.29, 1.82) is 0 Å². The number of fused-ring (bicyclic) bond motifs is 1. The first-order chi connectivity index (χ1) is 10.2. The Morgan fingerprint density at radius 1 is 1.19 bits per heavy atom. The third-order valence-electron chi connectivity index (χ3n) is 3.09. The topological polar surface area (TPSA) is 54.1 Å². The van der Waals surface area contributed by atoms with Crippen molar-refractivity contribution < 1.29 is 9.53 Å². The zero-order chi connectivity index (χ0) is 14.7. The van der Waals surface area contributed by atoms with Crippen molar-refractivity contribution in [2.75, 3.05) is 5.32 Å². The van der Waals surface area contributed by atoms with Gasteiger partial charge in [0.25, 0.3) is 0 Å². The normalized spacial score (nSPS) is 10.5. The zero-order valence-electron chi connectivity index (χ0n) is 11.1. The summed E-state index contributed by atoms with van der Waals surface area (Å²) in [5.74, 6) is 0. The van der Waals surface area contributed by atoms with Crippen LogP contribution in [-0.2, 0) is 11.3 Å². The Balaban J connectivity index is 1.66. The number of ether oxygens (including phenoxy) is 1. The molecule has 0 atom stereocenters. The van der Waals surface area contributed by atoms with Crippen LogP contribution in [0.3, 0.4) is 0 Å². The van der Waals surface area contributed by atoms with Crippen LogP contribution in [0.15, 0.2) is 59.2 Å². The van der Waals surface area contributed by atoms with Gasteiger partial charge in [-0.25, -0.2) is 4.79 Å². The smallest absolute Gasteiger partial charge is 0.412 e. The van der Waals surface area contributed by atoms with Gasteiger partial charge in [-0.1, -0.05) is 46.3 Å². The van der Waals surface area contributed by atoms with Gasteiger partial charge in [-0.3, -0.25) is 5.32 Å². The number of rotatable bonds is 3. The molecule has 2 aromatic carbocycles. The van der Waals surface area contributed by atoms with Crippen LogP contribution in [0.25, 0.3) is 10.9 Å². The highest BCUT2D eigenvalue weighted by Crippen LogP contribution is 2.26. The molecule has 3 rings (SSSR count). The number of amides is 1. The Bertz CT molecular complexity index is 768. The van der Waals surface area contributed by atoms with Gasteiger partial charge < -0.3 is 9.72 Å². The fourth-order valence-electron chi connectivity index (χ4n) is 2.07. The summed E-state index contributed by atoms with van der Waals surface area (Å²) >= 11 is 3.41. The van der Waals surface area contributed by atoms with Crippen LogP contribution in [0.4, 0.5) is 10.5 Å². The Hall–Kier alpha value is -2.27. The zero-order valence-corrected chi connectivity index (χ0v) is 12.7. The van der Waals surface area contributed by atoms with Crippen molar-refractivity contribution in [2.45, 2.75) is 6.61 Å². The van der Waals surface area contributed by atoms with E-state index in [1.54, 1.807) is 6.20 Å². The summed E-state index contributed by atoms with van der Waals surface area (Å²) in [5.41, 5.74) is 2.61. The number of aromatic nitrogens is 1. The molecule has 0 spiro atoms. The predicted octanol–water partition coefficient (Wildman–Crippen LogP) is 4.68. The number of aromatic amines is 1. The minimum absolute atomic E-state index is 0.251. The van der Waals surface area contributed by atoms with E-state index in [2.05, 4.69) is 26.2 Å². The van der Waals surface area contributed by atoms with E-state index in [4.69, 9.17) is 4.74 Å². The molecule has 106 valence electrons. The molecule has 0 aliphatic heterocycles. The Labute approximate surface area is 130 Å². The second kappa shape index (κ2) is 6.01. The van der Waals surface area contributed by atoms with E-state index in [0.717, 1.165) is 20.9 Å². The van der Waals surface area contributed by atoms with E-state index >= 15 is 0 Å². The van der Waals surface area contributed by atoms with E-state index in [0.29, 0.717) is 5.69 Å². The van der Waals surface area contributed by atoms with E-state index in [1.807, 2.05) is 48.5 Å². The summed E-state index contributed by atoms with van der Waals surface area (Å²) in [7, 11) is 0. The van der Waals surface area contributed by atoms with E-state index in [1.165, 1.54) is 0 Å². The first-order valence-electron chi connectivity index (χ1n) is 6.47. The SMILES string of the molecule is O=C(Nc1c[nH]c2cc(Br)ccc12)OCc1ccccc1. The molecule has 2 N–H and O–H groups in total. The van der Waals surface area contributed by atoms with Crippen LogP contribution in [0.5, 0.6) is 0 Å². The second-order valence-electron chi connectivity index (χ2n) is 4.58. The Morgan fingerprint density at radius 3 is 2.81 bits per heavy atom. The summed E-state index contributed by atoms with van der Waals surface area (Å²) in [6, 6.07) is 15.4. The van der Waals surface area contributed by atoms with Crippen LogP contribution < -0.4 is 5.32 Å². The largest absolute Gasteiger partial charge is 0.444 e. The molecular weight excluding hydrogens is 332 g/mol. The lowest BCUT2D eigenvalue weighted by molar-refractivity contribution is 0.155. The number of benzene rings is 2. The van der Waals surface area contributed by atoms with Crippen LogP contribution in [-0.4, -0.2) is 11.1 Å². The Kier molecular flexibility index (Phi) is 3.92. The molecule has 3 aromatic rings. The molecular formula is C16H13BrN2O2. The van der Waals surface area contributed by atoms with Gasteiger partial charge >= 0.3 is 6.09 Å². The van der Waals surface area contributed by atoms with E-state index < -0.39 is 6.09 Å². The van der Waals surface area contributed by atoms with Crippen molar-refractivity contribution in [3.63, 3.8) is 0 Å². The van der Waals surface area contributed by atoms with E-state index in [9.17, 15) is 4.79 Å². The number of carbonyl (C=O) groups excluding carboxylic acids is 1. The number of anilines is 1. The van der Waals surface area contributed by atoms with Crippen molar-refractivity contribution in [3.8, 4) is 0 Å². The molecule has 0 fully saturated rings. The van der Waals surface area contributed by atoms with Gasteiger partial charge in [-0.15, -0.1) is 0 Å². The van der Waals surface area contributed by atoms with Crippen LogP contribution in [0, 0.1) is 0 Å². The predicted molar refractivity (Wildman–Crippen MR) is 86.2 cm³/mol. The molecule has 0 bridgehead atoms. The second-order valence-corrected chi connectivity index (χ2v) is 5.49. The average molecular weight is 345 g/mol. The molecule has 0 aliphatic rings. The molecule has 0 saturated carbocycles. The molecule has 1 amide bonds. The van der Waals surface area contributed by atoms with Gasteiger partial charge in [0.05, 0.1) is 5.69 Å². The number of H-pyrrole nitrogens is 1. The lowest BCUT2D eigenvalue weighted by Gasteiger charge is -2.06. The fourth-order valence-corrected chi connectivity index (χ4v) is 2.43. The maximum Gasteiger partial charge on any atom is 0.412 e. The van der Waals surface area contributed by atoms with Gasteiger partial charge in [-0.2, -0.15) is 0 Å². The highest BCUT2D eigenvalue weighted by Gasteiger charge is 2.08. The summed E-state index contributed by atoms with van der Waals surface area (Å²) < 4.78 is 6.18. The molecule has 0 unspecified atom stereocenters. The maximum atomic E-state index is 11.8. The van der Waals surface area contributed by atoms with Gasteiger partial charge in [0, 0.05) is 21.6 Å². The van der Waals surface area contributed by atoms with Gasteiger partial charge in [-0.05, 0) is 23.8 Å². The van der Waals surface area contributed by atoms with Crippen molar-refractivity contribution in [1.82, 2.24) is 4.98 Å². The van der Waals surface area contributed by atoms with Crippen LogP contribution in [0.1, 0.15) is 5.56 Å². The van der Waals surface area contributed by atoms with Crippen molar-refractivity contribution >= 4 is 38.6 Å². The quantitative estimate of drug-likeness (QED) is 0.724. The number of hydrogen-bond donors (Lipinski definition) is 2. The molecule has 4 nitrogen and oxygen atoms in total. The number of nitrogens with one attached hydrogen (secondary N) is 2. The average Bonchev–Trinajstić information content (AvgIpc) is 2.88. The monoisotopic (exact) mass is 344 g/mol. The van der Waals surface area contributed by atoms with Gasteiger partial charge in [0.1, 0.15) is 6.61 Å². The summed E-state index contributed by atoms with van der Waals surface area (Å²) in [6.45, 7) is 0.251. The number of halogens is 1. The maximum absolute atomic E-state index is 11.8. The summed E-state index contributed by atoms with van der Waals surface area (Å²) in [6.07, 6.45) is 1.28. The van der Waals surface area contributed by atoms with Crippen molar-refractivity contribution in [3.05, 3.63) is 64.8 Å². The summed E-state index contributed by atoms with van der Waals surface area (Å²) in [5, 5.41) is 3.69. The standard InChI is InChI=1S/C16H13BrN2O2/c17-12-6-7-13-14(8-12)18-9-15(13)19-16(20)21-10-11-4-2-1-3-5-11/h1-9,18H,10H2,(H,19,20). The molecule has 21 heavy (non-hydrogen) atoms. The third-order valence-corrected chi connectivity index (χ3v) is 3.59. The number of hydrogen-bond acceptors (Lipinski definition) is 2. The molecule has 0 saturated heterocycles. The minimum Gasteiger partial charge on any atom is -0.444 e.